The van der Waals surface area contributed by atoms with Gasteiger partial charge >= 0.3 is 0 Å². The minimum Gasteiger partial charge on any atom is -0.507 e. The van der Waals surface area contributed by atoms with Crippen molar-refractivity contribution in [3.8, 4) is 23.0 Å². The number of phenolic OH excluding ortho intramolecular Hbond substituents is 1. The van der Waals surface area contributed by atoms with Crippen LogP contribution in [0.1, 0.15) is 11.4 Å². The number of aromatic hydroxyl groups is 1. The topological polar surface area (TPSA) is 68.4 Å². The van der Waals surface area contributed by atoms with E-state index in [1.807, 2.05) is 44.2 Å². The summed E-state index contributed by atoms with van der Waals surface area (Å²) >= 11 is 0. The van der Waals surface area contributed by atoms with Crippen LogP contribution in [-0.4, -0.2) is 30.2 Å². The highest BCUT2D eigenvalue weighted by Crippen LogP contribution is 2.26. The van der Waals surface area contributed by atoms with Crippen LogP contribution >= 0.6 is 0 Å². The first-order valence-corrected chi connectivity index (χ1v) is 6.91. The minimum atomic E-state index is 0.127. The zero-order valence-electron chi connectivity index (χ0n) is 12.4. The van der Waals surface area contributed by atoms with E-state index in [1.165, 1.54) is 0 Å². The smallest absolute Gasteiger partial charge is 0.261 e. The fourth-order valence-corrected chi connectivity index (χ4v) is 2.22. The van der Waals surface area contributed by atoms with Gasteiger partial charge in [0.1, 0.15) is 19.3 Å². The zero-order valence-corrected chi connectivity index (χ0v) is 12.4. The van der Waals surface area contributed by atoms with E-state index in [4.69, 9.17) is 9.26 Å². The first kappa shape index (κ1) is 14.2. The van der Waals surface area contributed by atoms with Gasteiger partial charge in [-0.25, -0.2) is 0 Å². The molecule has 0 spiro atoms. The molecule has 22 heavy (non-hydrogen) atoms. The lowest BCUT2D eigenvalue weighted by Gasteiger charge is -2.01. The van der Waals surface area contributed by atoms with E-state index in [-0.39, 0.29) is 5.75 Å². The van der Waals surface area contributed by atoms with Crippen LogP contribution in [0, 0.1) is 0 Å². The number of ether oxygens (including phenoxy) is 1. The van der Waals surface area contributed by atoms with Crippen molar-refractivity contribution in [1.29, 1.82) is 0 Å². The first-order chi connectivity index (χ1) is 10.7. The number of methoxy groups -OCH3 is 1. The summed E-state index contributed by atoms with van der Waals surface area (Å²) in [7, 11) is 3.57. The summed E-state index contributed by atoms with van der Waals surface area (Å²) in [6.07, 6.45) is 0.535. The highest BCUT2D eigenvalue weighted by molar-refractivity contribution is 6.32. The van der Waals surface area contributed by atoms with Crippen LogP contribution in [0.25, 0.3) is 11.5 Å². The Balaban J connectivity index is 1.86. The van der Waals surface area contributed by atoms with Crippen LogP contribution < -0.4 is 10.2 Å². The Morgan fingerprint density at radius 3 is 2.91 bits per heavy atom. The molecule has 0 aliphatic heterocycles. The van der Waals surface area contributed by atoms with Crippen molar-refractivity contribution in [2.45, 2.75) is 6.42 Å². The van der Waals surface area contributed by atoms with Crippen LogP contribution in [0.4, 0.5) is 0 Å². The number of hydrogen-bond acceptors (Lipinski definition) is 5. The number of nitrogens with zero attached hydrogens (tertiary/aromatic N) is 2. The summed E-state index contributed by atoms with van der Waals surface area (Å²) in [6, 6.07) is 13.0. The van der Waals surface area contributed by atoms with Gasteiger partial charge in [0.2, 0.25) is 0 Å². The van der Waals surface area contributed by atoms with Gasteiger partial charge in [-0.15, -0.1) is 0 Å². The van der Waals surface area contributed by atoms with Crippen LogP contribution in [0.3, 0.4) is 0 Å². The second kappa shape index (κ2) is 5.93. The summed E-state index contributed by atoms with van der Waals surface area (Å²) in [5.41, 5.74) is 2.59. The largest absolute Gasteiger partial charge is 0.507 e. The zero-order chi connectivity index (χ0) is 15.5. The van der Waals surface area contributed by atoms with Gasteiger partial charge in [0, 0.05) is 6.42 Å². The van der Waals surface area contributed by atoms with Crippen molar-refractivity contribution in [1.82, 2.24) is 10.1 Å². The van der Waals surface area contributed by atoms with Crippen LogP contribution in [-0.2, 0) is 6.42 Å². The number of phenols is 1. The molecule has 0 bridgehead atoms. The molecule has 1 aromatic heterocycles. The molecule has 3 rings (SSSR count). The highest BCUT2D eigenvalue weighted by atomic mass is 16.5. The van der Waals surface area contributed by atoms with Crippen molar-refractivity contribution in [2.24, 2.45) is 0 Å². The summed E-state index contributed by atoms with van der Waals surface area (Å²) in [6.45, 7) is 0. The van der Waals surface area contributed by atoms with E-state index in [1.54, 1.807) is 13.2 Å². The summed E-state index contributed by atoms with van der Waals surface area (Å²) in [4.78, 5) is 4.35. The average molecular weight is 294 g/mol. The number of rotatable bonds is 4. The molecule has 1 heterocycles. The minimum absolute atomic E-state index is 0.127. The number of aromatic nitrogens is 2. The van der Waals surface area contributed by atoms with Crippen molar-refractivity contribution < 1.29 is 14.4 Å². The molecule has 6 heteroatoms. The molecule has 0 radical (unpaired) electrons. The van der Waals surface area contributed by atoms with Crippen LogP contribution in [0.5, 0.6) is 11.5 Å². The summed E-state index contributed by atoms with van der Waals surface area (Å²) in [5, 5.41) is 13.9. The van der Waals surface area contributed by atoms with E-state index in [0.29, 0.717) is 23.7 Å². The molecule has 110 valence electrons. The van der Waals surface area contributed by atoms with Crippen molar-refractivity contribution in [2.75, 3.05) is 7.11 Å². The fourth-order valence-electron chi connectivity index (χ4n) is 2.22. The second-order valence-corrected chi connectivity index (χ2v) is 5.06. The van der Waals surface area contributed by atoms with Crippen LogP contribution in [0.2, 0.25) is 0 Å². The molecule has 2 aromatic carbocycles. The Labute approximate surface area is 129 Å². The van der Waals surface area contributed by atoms with Gasteiger partial charge in [0.15, 0.2) is 5.82 Å². The predicted molar refractivity (Wildman–Crippen MR) is 85.4 cm³/mol. The van der Waals surface area contributed by atoms with Gasteiger partial charge in [-0.05, 0) is 23.8 Å². The Morgan fingerprint density at radius 2 is 2.09 bits per heavy atom. The monoisotopic (exact) mass is 294 g/mol. The summed E-state index contributed by atoms with van der Waals surface area (Å²) < 4.78 is 10.5. The van der Waals surface area contributed by atoms with E-state index in [0.717, 1.165) is 16.8 Å². The summed E-state index contributed by atoms with van der Waals surface area (Å²) in [5.74, 6) is 1.79. The predicted octanol–water partition coefficient (Wildman–Crippen LogP) is 1.30. The number of benzene rings is 2. The maximum atomic E-state index is 9.91. The molecule has 0 unspecified atom stereocenters. The number of hydrogen-bond donors (Lipinski definition) is 1. The second-order valence-electron chi connectivity index (χ2n) is 5.06. The molecule has 1 N–H and O–H groups in total. The maximum absolute atomic E-state index is 9.91. The van der Waals surface area contributed by atoms with E-state index < -0.39 is 0 Å². The Hall–Kier alpha value is -2.76. The van der Waals surface area contributed by atoms with E-state index in [9.17, 15) is 5.11 Å². The Morgan fingerprint density at radius 1 is 1.23 bits per heavy atom. The molecule has 0 aliphatic rings. The average Bonchev–Trinajstić information content (AvgIpc) is 2.98. The van der Waals surface area contributed by atoms with Gasteiger partial charge in [0.05, 0.1) is 12.7 Å². The Kier molecular flexibility index (Phi) is 3.83. The first-order valence-electron chi connectivity index (χ1n) is 6.91. The molecule has 5 nitrogen and oxygen atoms in total. The normalized spacial score (nSPS) is 10.6. The molecular weight excluding hydrogens is 279 g/mol. The molecule has 0 saturated heterocycles. The van der Waals surface area contributed by atoms with Gasteiger partial charge in [0.25, 0.3) is 5.89 Å². The third-order valence-electron chi connectivity index (χ3n) is 3.35. The van der Waals surface area contributed by atoms with Gasteiger partial charge in [-0.3, -0.25) is 0 Å². The fraction of sp³-hybridized carbons (Fsp3) is 0.125. The lowest BCUT2D eigenvalue weighted by atomic mass is 9.94. The van der Waals surface area contributed by atoms with Crippen molar-refractivity contribution >= 4 is 13.3 Å². The molecule has 0 fully saturated rings. The molecule has 3 aromatic rings. The third-order valence-corrected chi connectivity index (χ3v) is 3.35. The lowest BCUT2D eigenvalue weighted by Crippen LogP contribution is -2.01. The van der Waals surface area contributed by atoms with E-state index >= 15 is 0 Å². The maximum Gasteiger partial charge on any atom is 0.261 e. The molecule has 0 atom stereocenters. The van der Waals surface area contributed by atoms with Gasteiger partial charge in [-0.2, -0.15) is 4.98 Å². The quantitative estimate of drug-likeness (QED) is 0.735. The SMILES string of the molecule is Bc1ccc(O)c(-c2nc(Cc3cccc(OC)c3)no2)c1. The molecule has 0 amide bonds. The third kappa shape index (κ3) is 2.95. The van der Waals surface area contributed by atoms with Gasteiger partial charge in [-0.1, -0.05) is 34.9 Å². The molecule has 0 aliphatic carbocycles. The molecule has 0 saturated carbocycles. The van der Waals surface area contributed by atoms with Crippen molar-refractivity contribution in [3.05, 3.63) is 53.9 Å². The highest BCUT2D eigenvalue weighted by Gasteiger charge is 2.13. The molecular formula is C16H15BN2O3. The Bertz CT molecular complexity index is 802. The van der Waals surface area contributed by atoms with Crippen LogP contribution in [0.15, 0.2) is 47.0 Å². The lowest BCUT2D eigenvalue weighted by molar-refractivity contribution is 0.413. The van der Waals surface area contributed by atoms with Gasteiger partial charge < -0.3 is 14.4 Å². The standard InChI is InChI=1S/C16H15BN2O3/c1-21-12-4-2-3-10(7-12)8-15-18-16(22-19-15)13-9-11(17)5-6-14(13)20/h2-7,9,20H,8,17H2,1H3. The van der Waals surface area contributed by atoms with E-state index in [2.05, 4.69) is 10.1 Å². The van der Waals surface area contributed by atoms with Crippen molar-refractivity contribution in [3.63, 3.8) is 0 Å².